The predicted molar refractivity (Wildman–Crippen MR) is 110 cm³/mol. The molecule has 1 aromatic heterocycles. The zero-order valence-electron chi connectivity index (χ0n) is 13.9. The first kappa shape index (κ1) is 18.3. The van der Waals surface area contributed by atoms with E-state index in [2.05, 4.69) is 21.2 Å². The second-order valence-electron chi connectivity index (χ2n) is 5.70. The van der Waals surface area contributed by atoms with Crippen LogP contribution in [0.2, 0.25) is 5.02 Å². The monoisotopic (exact) mass is 430 g/mol. The highest BCUT2D eigenvalue weighted by molar-refractivity contribution is 9.10. The van der Waals surface area contributed by atoms with Crippen molar-refractivity contribution in [1.29, 1.82) is 0 Å². The van der Waals surface area contributed by atoms with E-state index in [9.17, 15) is 4.79 Å². The molecule has 0 aliphatic rings. The SMILES string of the molecule is Cc1cc(N)cc(Cl)c1NC(=O)/C=C/c1ccc(-c2ccccc2Br)o1. The molecular weight excluding hydrogens is 416 g/mol. The fourth-order valence-electron chi connectivity index (χ4n) is 2.50. The number of nitrogens with two attached hydrogens (primary N) is 1. The number of halogens is 2. The molecule has 2 aromatic carbocycles. The molecule has 4 nitrogen and oxygen atoms in total. The van der Waals surface area contributed by atoms with Crippen molar-refractivity contribution in [2.24, 2.45) is 0 Å². The summed E-state index contributed by atoms with van der Waals surface area (Å²) in [7, 11) is 0. The lowest BCUT2D eigenvalue weighted by Gasteiger charge is -2.09. The van der Waals surface area contributed by atoms with Gasteiger partial charge in [-0.25, -0.2) is 0 Å². The summed E-state index contributed by atoms with van der Waals surface area (Å²) in [5.41, 5.74) is 8.57. The smallest absolute Gasteiger partial charge is 0.248 e. The van der Waals surface area contributed by atoms with Gasteiger partial charge in [-0.2, -0.15) is 0 Å². The number of aryl methyl sites for hydroxylation is 1. The molecule has 26 heavy (non-hydrogen) atoms. The zero-order chi connectivity index (χ0) is 18.7. The van der Waals surface area contributed by atoms with Gasteiger partial charge in [0.15, 0.2) is 0 Å². The minimum Gasteiger partial charge on any atom is -0.457 e. The van der Waals surface area contributed by atoms with Gasteiger partial charge in [-0.1, -0.05) is 45.7 Å². The lowest BCUT2D eigenvalue weighted by atomic mass is 10.1. The Balaban J connectivity index is 1.73. The Labute approximate surface area is 164 Å². The maximum atomic E-state index is 12.2. The number of hydrogen-bond acceptors (Lipinski definition) is 3. The van der Waals surface area contributed by atoms with Crippen LogP contribution in [0.3, 0.4) is 0 Å². The van der Waals surface area contributed by atoms with Gasteiger partial charge in [-0.05, 0) is 48.9 Å². The summed E-state index contributed by atoms with van der Waals surface area (Å²) in [5.74, 6) is 0.986. The number of furan rings is 1. The average Bonchev–Trinajstić information content (AvgIpc) is 3.05. The molecule has 0 atom stereocenters. The summed E-state index contributed by atoms with van der Waals surface area (Å²) in [6, 6.07) is 14.8. The zero-order valence-corrected chi connectivity index (χ0v) is 16.3. The van der Waals surface area contributed by atoms with Crippen molar-refractivity contribution in [3.05, 3.63) is 75.4 Å². The largest absolute Gasteiger partial charge is 0.457 e. The van der Waals surface area contributed by atoms with Crippen molar-refractivity contribution in [2.45, 2.75) is 6.92 Å². The van der Waals surface area contributed by atoms with Gasteiger partial charge >= 0.3 is 0 Å². The van der Waals surface area contributed by atoms with Gasteiger partial charge in [0, 0.05) is 21.8 Å². The third-order valence-electron chi connectivity index (χ3n) is 3.72. The van der Waals surface area contributed by atoms with E-state index in [-0.39, 0.29) is 5.91 Å². The Morgan fingerprint density at radius 1 is 1.23 bits per heavy atom. The first-order chi connectivity index (χ1) is 12.4. The molecule has 132 valence electrons. The van der Waals surface area contributed by atoms with Gasteiger partial charge in [0.2, 0.25) is 5.91 Å². The van der Waals surface area contributed by atoms with Gasteiger partial charge in [0.05, 0.1) is 10.7 Å². The van der Waals surface area contributed by atoms with E-state index in [4.69, 9.17) is 21.8 Å². The molecule has 0 bridgehead atoms. The van der Waals surface area contributed by atoms with Crippen molar-refractivity contribution in [1.82, 2.24) is 0 Å². The van der Waals surface area contributed by atoms with Crippen molar-refractivity contribution in [2.75, 3.05) is 11.1 Å². The number of nitrogens with one attached hydrogen (secondary N) is 1. The molecule has 1 amide bonds. The fraction of sp³-hybridized carbons (Fsp3) is 0.0500. The molecular formula is C20H16BrClN2O2. The molecule has 0 aliphatic heterocycles. The number of nitrogen functional groups attached to an aromatic ring is 1. The Bertz CT molecular complexity index is 972. The van der Waals surface area contributed by atoms with Crippen LogP contribution in [-0.2, 0) is 4.79 Å². The highest BCUT2D eigenvalue weighted by Crippen LogP contribution is 2.30. The lowest BCUT2D eigenvalue weighted by Crippen LogP contribution is -2.09. The summed E-state index contributed by atoms with van der Waals surface area (Å²) in [6.07, 6.45) is 3.00. The number of carbonyl (C=O) groups excluding carboxylic acids is 1. The minimum atomic E-state index is -0.307. The lowest BCUT2D eigenvalue weighted by molar-refractivity contribution is -0.111. The molecule has 0 radical (unpaired) electrons. The summed E-state index contributed by atoms with van der Waals surface area (Å²) in [4.78, 5) is 12.2. The van der Waals surface area contributed by atoms with Gasteiger partial charge in [-0.15, -0.1) is 0 Å². The van der Waals surface area contributed by atoms with Gasteiger partial charge in [-0.3, -0.25) is 4.79 Å². The number of amides is 1. The molecule has 0 fully saturated rings. The number of rotatable bonds is 4. The van der Waals surface area contributed by atoms with Crippen LogP contribution in [0.4, 0.5) is 11.4 Å². The minimum absolute atomic E-state index is 0.307. The third-order valence-corrected chi connectivity index (χ3v) is 4.71. The van der Waals surface area contributed by atoms with Gasteiger partial charge in [0.25, 0.3) is 0 Å². The van der Waals surface area contributed by atoms with Crippen LogP contribution in [0.15, 0.2) is 63.5 Å². The number of anilines is 2. The molecule has 3 N–H and O–H groups in total. The van der Waals surface area contributed by atoms with Crippen LogP contribution < -0.4 is 11.1 Å². The highest BCUT2D eigenvalue weighted by Gasteiger charge is 2.09. The Morgan fingerprint density at radius 3 is 2.73 bits per heavy atom. The van der Waals surface area contributed by atoms with Crippen LogP contribution in [0.25, 0.3) is 17.4 Å². The van der Waals surface area contributed by atoms with E-state index in [1.165, 1.54) is 6.08 Å². The van der Waals surface area contributed by atoms with E-state index in [0.29, 0.717) is 22.2 Å². The van der Waals surface area contributed by atoms with Gasteiger partial charge in [0.1, 0.15) is 11.5 Å². The number of hydrogen-bond donors (Lipinski definition) is 2. The molecule has 0 aliphatic carbocycles. The van der Waals surface area contributed by atoms with E-state index in [1.54, 1.807) is 24.3 Å². The first-order valence-electron chi connectivity index (χ1n) is 7.83. The molecule has 3 rings (SSSR count). The predicted octanol–water partition coefficient (Wildman–Crippen LogP) is 5.91. The second kappa shape index (κ2) is 7.81. The van der Waals surface area contributed by atoms with Crippen LogP contribution >= 0.6 is 27.5 Å². The molecule has 0 spiro atoms. The molecule has 0 saturated heterocycles. The summed E-state index contributed by atoms with van der Waals surface area (Å²) >= 11 is 9.64. The van der Waals surface area contributed by atoms with Crippen molar-refractivity contribution >= 4 is 50.9 Å². The third kappa shape index (κ3) is 4.18. The van der Waals surface area contributed by atoms with Crippen LogP contribution in [0, 0.1) is 6.92 Å². The van der Waals surface area contributed by atoms with E-state index >= 15 is 0 Å². The second-order valence-corrected chi connectivity index (χ2v) is 6.96. The maximum Gasteiger partial charge on any atom is 0.248 e. The van der Waals surface area contributed by atoms with E-state index in [1.807, 2.05) is 37.3 Å². The standard InChI is InChI=1S/C20H16BrClN2O2/c1-12-10-13(23)11-17(22)20(12)24-19(25)9-7-14-6-8-18(26-14)15-4-2-3-5-16(15)21/h2-11H,23H2,1H3,(H,24,25)/b9-7+. The Kier molecular flexibility index (Phi) is 5.49. The van der Waals surface area contributed by atoms with Crippen molar-refractivity contribution in [3.63, 3.8) is 0 Å². The maximum absolute atomic E-state index is 12.2. The highest BCUT2D eigenvalue weighted by atomic mass is 79.9. The average molecular weight is 432 g/mol. The Morgan fingerprint density at radius 2 is 2.00 bits per heavy atom. The van der Waals surface area contributed by atoms with Crippen molar-refractivity contribution in [3.8, 4) is 11.3 Å². The van der Waals surface area contributed by atoms with Crippen LogP contribution in [0.5, 0.6) is 0 Å². The molecule has 3 aromatic rings. The molecule has 0 unspecified atom stereocenters. The van der Waals surface area contributed by atoms with E-state index < -0.39 is 0 Å². The first-order valence-corrected chi connectivity index (χ1v) is 9.00. The summed E-state index contributed by atoms with van der Waals surface area (Å²) in [6.45, 7) is 1.83. The van der Waals surface area contributed by atoms with Crippen molar-refractivity contribution < 1.29 is 9.21 Å². The van der Waals surface area contributed by atoms with Crippen LogP contribution in [-0.4, -0.2) is 5.91 Å². The molecule has 6 heteroatoms. The van der Waals surface area contributed by atoms with E-state index in [0.717, 1.165) is 21.4 Å². The molecule has 1 heterocycles. The topological polar surface area (TPSA) is 68.3 Å². The number of benzene rings is 2. The molecule has 0 saturated carbocycles. The Hall–Kier alpha value is -2.50. The van der Waals surface area contributed by atoms with Gasteiger partial charge < -0.3 is 15.5 Å². The van der Waals surface area contributed by atoms with Crippen LogP contribution in [0.1, 0.15) is 11.3 Å². The normalized spacial score (nSPS) is 11.0. The summed E-state index contributed by atoms with van der Waals surface area (Å²) < 4.78 is 6.72. The summed E-state index contributed by atoms with van der Waals surface area (Å²) in [5, 5.41) is 3.16. The fourth-order valence-corrected chi connectivity index (χ4v) is 3.30. The number of carbonyl (C=O) groups is 1. The quantitative estimate of drug-likeness (QED) is 0.399.